The van der Waals surface area contributed by atoms with Gasteiger partial charge in [-0.05, 0) is 6.07 Å². The topological polar surface area (TPSA) is 33.7 Å². The van der Waals surface area contributed by atoms with Crippen molar-refractivity contribution in [3.63, 3.8) is 0 Å². The van der Waals surface area contributed by atoms with Gasteiger partial charge in [-0.3, -0.25) is 4.90 Å². The summed E-state index contributed by atoms with van der Waals surface area (Å²) in [6.45, 7) is 2.79. The van der Waals surface area contributed by atoms with Crippen molar-refractivity contribution < 1.29 is 18.3 Å². The Balaban J connectivity index is 1.94. The van der Waals surface area contributed by atoms with Gasteiger partial charge in [-0.25, -0.2) is 8.78 Å². The Labute approximate surface area is 110 Å². The van der Waals surface area contributed by atoms with Gasteiger partial charge in [-0.2, -0.15) is 0 Å². The molecule has 0 amide bonds. The quantitative estimate of drug-likeness (QED) is 0.905. The van der Waals surface area contributed by atoms with Crippen molar-refractivity contribution in [1.82, 2.24) is 10.2 Å². The monoisotopic (exact) mass is 270 g/mol. The van der Waals surface area contributed by atoms with Gasteiger partial charge < -0.3 is 14.8 Å². The molecule has 1 saturated heterocycles. The first-order valence-corrected chi connectivity index (χ1v) is 6.39. The van der Waals surface area contributed by atoms with Crippen molar-refractivity contribution in [2.24, 2.45) is 0 Å². The summed E-state index contributed by atoms with van der Waals surface area (Å²) in [5.74, 6) is 1.02. The molecule has 1 aromatic rings. The maximum absolute atomic E-state index is 13.5. The number of rotatable bonds is 3. The lowest BCUT2D eigenvalue weighted by molar-refractivity contribution is 0.0168. The number of fused-ring (bicyclic) bond motifs is 1. The summed E-state index contributed by atoms with van der Waals surface area (Å²) in [7, 11) is 0. The third-order valence-corrected chi connectivity index (χ3v) is 3.53. The molecule has 0 unspecified atom stereocenters. The smallest absolute Gasteiger partial charge is 0.258 e. The minimum atomic E-state index is -2.45. The highest BCUT2D eigenvalue weighted by Crippen LogP contribution is 2.42. The second kappa shape index (κ2) is 5.30. The Morgan fingerprint density at radius 3 is 2.68 bits per heavy atom. The van der Waals surface area contributed by atoms with Crippen molar-refractivity contribution in [3.05, 3.63) is 23.8 Å². The summed E-state index contributed by atoms with van der Waals surface area (Å²) < 4.78 is 37.6. The Morgan fingerprint density at radius 1 is 1.16 bits per heavy atom. The zero-order valence-electron chi connectivity index (χ0n) is 10.4. The third-order valence-electron chi connectivity index (χ3n) is 3.53. The van der Waals surface area contributed by atoms with E-state index in [4.69, 9.17) is 9.47 Å². The summed E-state index contributed by atoms with van der Waals surface area (Å²) in [5, 5.41) is 3.17. The van der Waals surface area contributed by atoms with Crippen molar-refractivity contribution in [2.75, 3.05) is 33.0 Å². The lowest BCUT2D eigenvalue weighted by atomic mass is 10.0. The van der Waals surface area contributed by atoms with E-state index in [-0.39, 0.29) is 6.79 Å². The number of para-hydroxylation sites is 1. The molecule has 0 aromatic heterocycles. The highest BCUT2D eigenvalue weighted by molar-refractivity contribution is 5.49. The van der Waals surface area contributed by atoms with E-state index in [0.29, 0.717) is 30.2 Å². The van der Waals surface area contributed by atoms with Crippen molar-refractivity contribution >= 4 is 0 Å². The molecule has 2 heterocycles. The molecular formula is C13H16F2N2O2. The Morgan fingerprint density at radius 2 is 1.95 bits per heavy atom. The fraction of sp³-hybridized carbons (Fsp3) is 0.538. The average Bonchev–Trinajstić information content (AvgIpc) is 2.89. The summed E-state index contributed by atoms with van der Waals surface area (Å²) in [5.41, 5.74) is 0.520. The average molecular weight is 270 g/mol. The molecule has 2 aliphatic heterocycles. The van der Waals surface area contributed by atoms with Gasteiger partial charge >= 0.3 is 0 Å². The van der Waals surface area contributed by atoms with Crippen LogP contribution in [0.1, 0.15) is 11.6 Å². The lowest BCUT2D eigenvalue weighted by Gasteiger charge is -2.34. The van der Waals surface area contributed by atoms with Crippen LogP contribution in [0.5, 0.6) is 11.5 Å². The van der Waals surface area contributed by atoms with E-state index in [1.165, 1.54) is 0 Å². The molecule has 104 valence electrons. The number of benzene rings is 1. The van der Waals surface area contributed by atoms with Crippen LogP contribution in [0.2, 0.25) is 0 Å². The first-order valence-electron chi connectivity index (χ1n) is 6.39. The van der Waals surface area contributed by atoms with Crippen molar-refractivity contribution in [2.45, 2.75) is 12.5 Å². The molecule has 19 heavy (non-hydrogen) atoms. The van der Waals surface area contributed by atoms with Gasteiger partial charge in [-0.1, -0.05) is 12.1 Å². The van der Waals surface area contributed by atoms with Crippen molar-refractivity contribution in [1.29, 1.82) is 0 Å². The van der Waals surface area contributed by atoms with E-state index >= 15 is 0 Å². The summed E-state index contributed by atoms with van der Waals surface area (Å²) in [4.78, 5) is 1.80. The van der Waals surface area contributed by atoms with E-state index < -0.39 is 12.5 Å². The van der Waals surface area contributed by atoms with E-state index in [9.17, 15) is 8.78 Å². The normalized spacial score (nSPS) is 20.8. The Hall–Kier alpha value is -1.40. The standard InChI is InChI=1S/C13H16F2N2O2/c14-13(15)11(17-6-4-16-5-7-17)9-2-1-3-10-12(9)19-8-18-10/h1-3,11,13,16H,4-8H2/t11-/m1/s1. The zero-order valence-corrected chi connectivity index (χ0v) is 10.4. The number of nitrogens with one attached hydrogen (secondary N) is 1. The lowest BCUT2D eigenvalue weighted by Crippen LogP contribution is -2.46. The van der Waals surface area contributed by atoms with Crippen LogP contribution in [-0.2, 0) is 0 Å². The van der Waals surface area contributed by atoms with Crippen LogP contribution >= 0.6 is 0 Å². The zero-order chi connectivity index (χ0) is 13.2. The number of ether oxygens (including phenoxy) is 2. The molecular weight excluding hydrogens is 254 g/mol. The maximum Gasteiger partial charge on any atom is 0.258 e. The number of nitrogens with zero attached hydrogens (tertiary/aromatic N) is 1. The predicted molar refractivity (Wildman–Crippen MR) is 65.8 cm³/mol. The molecule has 0 radical (unpaired) electrons. The molecule has 1 fully saturated rings. The number of alkyl halides is 2. The molecule has 0 aliphatic carbocycles. The van der Waals surface area contributed by atoms with Crippen LogP contribution in [0.25, 0.3) is 0 Å². The van der Waals surface area contributed by atoms with Crippen LogP contribution in [-0.4, -0.2) is 44.3 Å². The van der Waals surface area contributed by atoms with E-state index in [2.05, 4.69) is 5.32 Å². The van der Waals surface area contributed by atoms with Crippen LogP contribution in [0.4, 0.5) is 8.78 Å². The minimum Gasteiger partial charge on any atom is -0.454 e. The van der Waals surface area contributed by atoms with Gasteiger partial charge in [0.2, 0.25) is 6.79 Å². The summed E-state index contributed by atoms with van der Waals surface area (Å²) in [6.07, 6.45) is -2.45. The third kappa shape index (κ3) is 2.37. The van der Waals surface area contributed by atoms with Crippen LogP contribution < -0.4 is 14.8 Å². The van der Waals surface area contributed by atoms with Gasteiger partial charge in [0.05, 0.1) is 0 Å². The SMILES string of the molecule is FC(F)[C@@H](c1cccc2c1OCO2)N1CCNCC1. The van der Waals surface area contributed by atoms with Gasteiger partial charge in [0, 0.05) is 31.7 Å². The van der Waals surface area contributed by atoms with Gasteiger partial charge in [-0.15, -0.1) is 0 Å². The van der Waals surface area contributed by atoms with Crippen molar-refractivity contribution in [3.8, 4) is 11.5 Å². The molecule has 1 N–H and O–H groups in total. The van der Waals surface area contributed by atoms with Crippen LogP contribution in [0.15, 0.2) is 18.2 Å². The van der Waals surface area contributed by atoms with Gasteiger partial charge in [0.15, 0.2) is 11.5 Å². The highest BCUT2D eigenvalue weighted by Gasteiger charge is 2.34. The van der Waals surface area contributed by atoms with E-state index in [0.717, 1.165) is 13.1 Å². The summed E-state index contributed by atoms with van der Waals surface area (Å²) >= 11 is 0. The molecule has 0 saturated carbocycles. The molecule has 2 aliphatic rings. The number of hydrogen-bond donors (Lipinski definition) is 1. The van der Waals surface area contributed by atoms with Crippen LogP contribution in [0, 0.1) is 0 Å². The van der Waals surface area contributed by atoms with Crippen LogP contribution in [0.3, 0.4) is 0 Å². The molecule has 6 heteroatoms. The van der Waals surface area contributed by atoms with E-state index in [1.807, 2.05) is 0 Å². The molecule has 3 rings (SSSR count). The second-order valence-electron chi connectivity index (χ2n) is 4.65. The molecule has 0 bridgehead atoms. The van der Waals surface area contributed by atoms with Gasteiger partial charge in [0.25, 0.3) is 6.43 Å². The molecule has 1 atom stereocenters. The number of hydrogen-bond acceptors (Lipinski definition) is 4. The fourth-order valence-corrected chi connectivity index (χ4v) is 2.64. The Bertz CT molecular complexity index is 450. The number of piperazine rings is 1. The maximum atomic E-state index is 13.5. The predicted octanol–water partition coefficient (Wildman–Crippen LogP) is 1.63. The first kappa shape index (κ1) is 12.6. The first-order chi connectivity index (χ1) is 9.27. The fourth-order valence-electron chi connectivity index (χ4n) is 2.64. The molecule has 0 spiro atoms. The Kier molecular flexibility index (Phi) is 3.52. The largest absolute Gasteiger partial charge is 0.454 e. The second-order valence-corrected chi connectivity index (χ2v) is 4.65. The minimum absolute atomic E-state index is 0.101. The molecule has 4 nitrogen and oxygen atoms in total. The van der Waals surface area contributed by atoms with E-state index in [1.54, 1.807) is 23.1 Å². The summed E-state index contributed by atoms with van der Waals surface area (Å²) in [6, 6.07) is 4.25. The molecule has 1 aromatic carbocycles. The highest BCUT2D eigenvalue weighted by atomic mass is 19.3. The number of halogens is 2. The van der Waals surface area contributed by atoms with Gasteiger partial charge in [0.1, 0.15) is 6.04 Å².